The Morgan fingerprint density at radius 1 is 1.32 bits per heavy atom. The molecule has 4 nitrogen and oxygen atoms in total. The van der Waals surface area contributed by atoms with Gasteiger partial charge in [0.1, 0.15) is 11.5 Å². The minimum atomic E-state index is -4.61. The van der Waals surface area contributed by atoms with E-state index < -0.39 is 23.5 Å². The quantitative estimate of drug-likeness (QED) is 0.528. The van der Waals surface area contributed by atoms with Crippen molar-refractivity contribution in [3.63, 3.8) is 0 Å². The predicted molar refractivity (Wildman–Crippen MR) is 71.9 cm³/mol. The second kappa shape index (κ2) is 6.00. The van der Waals surface area contributed by atoms with Gasteiger partial charge in [-0.3, -0.25) is 4.79 Å². The normalized spacial score (nSPS) is 11.9. The van der Waals surface area contributed by atoms with Crippen molar-refractivity contribution in [1.29, 1.82) is 0 Å². The number of amides is 1. The van der Waals surface area contributed by atoms with Crippen molar-refractivity contribution < 1.29 is 22.4 Å². The van der Waals surface area contributed by atoms with Gasteiger partial charge in [-0.05, 0) is 30.3 Å². The molecule has 0 aliphatic carbocycles. The van der Waals surface area contributed by atoms with Crippen molar-refractivity contribution in [2.45, 2.75) is 6.18 Å². The summed E-state index contributed by atoms with van der Waals surface area (Å²) in [6.45, 7) is 0. The van der Waals surface area contributed by atoms with Gasteiger partial charge in [-0.15, -0.1) is 0 Å². The molecule has 1 aromatic heterocycles. The van der Waals surface area contributed by atoms with Crippen LogP contribution in [0.2, 0.25) is 0 Å². The number of hydrogen-bond donors (Lipinski definition) is 1. The molecule has 1 aromatic carbocycles. The van der Waals surface area contributed by atoms with Gasteiger partial charge < -0.3 is 4.57 Å². The first-order valence-electron chi connectivity index (χ1n) is 6.10. The molecule has 0 fully saturated rings. The molecule has 1 heterocycles. The molecule has 0 atom stereocenters. The molecule has 0 bridgehead atoms. The summed E-state index contributed by atoms with van der Waals surface area (Å²) in [6, 6.07) is 5.28. The molecule has 8 heteroatoms. The van der Waals surface area contributed by atoms with Crippen LogP contribution in [0, 0.1) is 5.82 Å². The fourth-order valence-corrected chi connectivity index (χ4v) is 1.72. The minimum absolute atomic E-state index is 0.166. The number of alkyl halides is 3. The van der Waals surface area contributed by atoms with Gasteiger partial charge in [0.25, 0.3) is 5.91 Å². The molecule has 2 rings (SSSR count). The smallest absolute Gasteiger partial charge is 0.347 e. The third-order valence-corrected chi connectivity index (χ3v) is 2.87. The lowest BCUT2D eigenvalue weighted by molar-refractivity contribution is -0.137. The number of halogens is 4. The lowest BCUT2D eigenvalue weighted by Crippen LogP contribution is -2.20. The summed E-state index contributed by atoms with van der Waals surface area (Å²) in [5.41, 5.74) is 1.25. The van der Waals surface area contributed by atoms with Crippen LogP contribution in [0.3, 0.4) is 0 Å². The second-order valence-electron chi connectivity index (χ2n) is 4.44. The third-order valence-electron chi connectivity index (χ3n) is 2.87. The monoisotopic (exact) mass is 313 g/mol. The Morgan fingerprint density at radius 2 is 2.05 bits per heavy atom. The van der Waals surface area contributed by atoms with Crippen LogP contribution in [-0.4, -0.2) is 16.7 Å². The van der Waals surface area contributed by atoms with Crippen molar-refractivity contribution in [3.8, 4) is 0 Å². The van der Waals surface area contributed by atoms with Crippen LogP contribution in [0.25, 0.3) is 0 Å². The molecule has 0 spiro atoms. The van der Waals surface area contributed by atoms with Gasteiger partial charge in [0.15, 0.2) is 0 Å². The van der Waals surface area contributed by atoms with E-state index in [0.29, 0.717) is 11.8 Å². The van der Waals surface area contributed by atoms with Gasteiger partial charge in [0, 0.05) is 18.8 Å². The van der Waals surface area contributed by atoms with E-state index in [2.05, 4.69) is 10.5 Å². The van der Waals surface area contributed by atoms with Crippen LogP contribution in [0.1, 0.15) is 21.6 Å². The first kappa shape index (κ1) is 15.7. The lowest BCUT2D eigenvalue weighted by Gasteiger charge is -2.07. The number of rotatable bonds is 3. The highest BCUT2D eigenvalue weighted by Crippen LogP contribution is 2.29. The van der Waals surface area contributed by atoms with Crippen LogP contribution in [0.4, 0.5) is 17.6 Å². The molecule has 1 N–H and O–H groups in total. The van der Waals surface area contributed by atoms with E-state index in [-0.39, 0.29) is 5.56 Å². The number of carbonyl (C=O) groups excluding carboxylic acids is 1. The van der Waals surface area contributed by atoms with Gasteiger partial charge in [0.05, 0.1) is 11.8 Å². The lowest BCUT2D eigenvalue weighted by atomic mass is 10.1. The van der Waals surface area contributed by atoms with Crippen molar-refractivity contribution in [2.24, 2.45) is 12.1 Å². The van der Waals surface area contributed by atoms with Gasteiger partial charge in [-0.25, -0.2) is 9.82 Å². The van der Waals surface area contributed by atoms with Crippen LogP contribution in [-0.2, 0) is 13.2 Å². The van der Waals surface area contributed by atoms with Crippen LogP contribution in [0.5, 0.6) is 0 Å². The van der Waals surface area contributed by atoms with Gasteiger partial charge >= 0.3 is 6.18 Å². The van der Waals surface area contributed by atoms with E-state index in [1.807, 2.05) is 0 Å². The first-order chi connectivity index (χ1) is 10.3. The SMILES string of the molecule is Cn1cccc1C(=O)NN=Cc1ccc(C(F)(F)F)cc1F. The minimum Gasteiger partial charge on any atom is -0.347 e. The zero-order valence-corrected chi connectivity index (χ0v) is 11.4. The summed E-state index contributed by atoms with van der Waals surface area (Å²) >= 11 is 0. The fourth-order valence-electron chi connectivity index (χ4n) is 1.72. The number of carbonyl (C=O) groups is 1. The molecule has 2 aromatic rings. The zero-order chi connectivity index (χ0) is 16.3. The average molecular weight is 313 g/mol. The summed E-state index contributed by atoms with van der Waals surface area (Å²) < 4.78 is 52.3. The number of hydrazone groups is 1. The molecule has 0 unspecified atom stereocenters. The highest BCUT2D eigenvalue weighted by molar-refractivity contribution is 5.93. The Bertz CT molecular complexity index is 719. The zero-order valence-electron chi connectivity index (χ0n) is 11.4. The number of benzene rings is 1. The molecule has 0 saturated carbocycles. The summed E-state index contributed by atoms with van der Waals surface area (Å²) in [6.07, 6.45) is -2.01. The Labute approximate surface area is 123 Å². The van der Waals surface area contributed by atoms with E-state index in [9.17, 15) is 22.4 Å². The molecule has 0 aliphatic heterocycles. The molecule has 0 aliphatic rings. The Morgan fingerprint density at radius 3 is 2.59 bits per heavy atom. The number of aryl methyl sites for hydroxylation is 1. The van der Waals surface area contributed by atoms with Crippen molar-refractivity contribution >= 4 is 12.1 Å². The Kier molecular flexibility index (Phi) is 4.30. The first-order valence-corrected chi connectivity index (χ1v) is 6.10. The molecule has 116 valence electrons. The van der Waals surface area contributed by atoms with E-state index >= 15 is 0 Å². The largest absolute Gasteiger partial charge is 0.416 e. The third kappa shape index (κ3) is 3.51. The molecule has 22 heavy (non-hydrogen) atoms. The van der Waals surface area contributed by atoms with E-state index in [1.54, 1.807) is 29.9 Å². The Hall–Kier alpha value is -2.64. The van der Waals surface area contributed by atoms with E-state index in [1.165, 1.54) is 0 Å². The van der Waals surface area contributed by atoms with Crippen molar-refractivity contribution in [2.75, 3.05) is 0 Å². The second-order valence-corrected chi connectivity index (χ2v) is 4.44. The summed E-state index contributed by atoms with van der Waals surface area (Å²) in [5, 5.41) is 3.53. The van der Waals surface area contributed by atoms with E-state index in [0.717, 1.165) is 18.3 Å². The number of aromatic nitrogens is 1. The molecular formula is C14H11F4N3O. The van der Waals surface area contributed by atoms with E-state index in [4.69, 9.17) is 0 Å². The maximum absolute atomic E-state index is 13.5. The highest BCUT2D eigenvalue weighted by atomic mass is 19.4. The van der Waals surface area contributed by atoms with Gasteiger partial charge in [0.2, 0.25) is 0 Å². The average Bonchev–Trinajstić information content (AvgIpc) is 2.85. The molecule has 0 radical (unpaired) electrons. The Balaban J connectivity index is 2.08. The van der Waals surface area contributed by atoms with Crippen molar-refractivity contribution in [3.05, 3.63) is 59.2 Å². The number of hydrogen-bond acceptors (Lipinski definition) is 2. The molecule has 0 saturated heterocycles. The number of nitrogens with one attached hydrogen (secondary N) is 1. The maximum Gasteiger partial charge on any atom is 0.416 e. The van der Waals surface area contributed by atoms with Gasteiger partial charge in [-0.2, -0.15) is 18.3 Å². The van der Waals surface area contributed by atoms with Gasteiger partial charge in [-0.1, -0.05) is 0 Å². The summed E-state index contributed by atoms with van der Waals surface area (Å²) in [5.74, 6) is -1.59. The van der Waals surface area contributed by atoms with Crippen LogP contribution >= 0.6 is 0 Å². The summed E-state index contributed by atoms with van der Waals surface area (Å²) in [4.78, 5) is 11.7. The van der Waals surface area contributed by atoms with Crippen LogP contribution in [0.15, 0.2) is 41.6 Å². The fraction of sp³-hybridized carbons (Fsp3) is 0.143. The molecule has 1 amide bonds. The predicted octanol–water partition coefficient (Wildman–Crippen LogP) is 2.95. The van der Waals surface area contributed by atoms with Crippen LogP contribution < -0.4 is 5.43 Å². The van der Waals surface area contributed by atoms with Crippen molar-refractivity contribution in [1.82, 2.24) is 9.99 Å². The highest BCUT2D eigenvalue weighted by Gasteiger charge is 2.31. The topological polar surface area (TPSA) is 46.4 Å². The maximum atomic E-state index is 13.5. The number of nitrogens with zero attached hydrogens (tertiary/aromatic N) is 2. The summed E-state index contributed by atoms with van der Waals surface area (Å²) in [7, 11) is 1.66. The molecular weight excluding hydrogens is 302 g/mol. The standard InChI is InChI=1S/C14H11F4N3O/c1-21-6-2-3-12(21)13(22)20-19-8-9-4-5-10(7-11(9)15)14(16,17)18/h2-8H,1H3,(H,20,22).